The van der Waals surface area contributed by atoms with Crippen molar-refractivity contribution >= 4 is 32.6 Å². The number of aliphatic hydroxyl groups is 2. The lowest BCUT2D eigenvalue weighted by molar-refractivity contribution is -0.131. The number of fused-ring (bicyclic) bond motifs is 1. The lowest BCUT2D eigenvalue weighted by atomic mass is 9.91. The van der Waals surface area contributed by atoms with E-state index in [0.29, 0.717) is 23.3 Å². The second-order valence-electron chi connectivity index (χ2n) is 10.1. The summed E-state index contributed by atoms with van der Waals surface area (Å²) in [6.45, 7) is 3.28. The first-order valence-electron chi connectivity index (χ1n) is 13.7. The standard InChI is InChI=1S/C27H29N3O3S.C4H6O4/c31-34(32,24-9-5-2-6-10-24)29-23-12-13-25-26(28-33-27(25)19-23)14-11-21-15-17-30(18-16-21)20-22-7-3-1-4-8-22;5-3(6)1-2-4(7)8/h1-10,12-13,19,21,29H,11,14-18,20H2;1-3,5-6H,(H,7,8)/b;2-1+. The van der Waals surface area contributed by atoms with Gasteiger partial charge in [0, 0.05) is 24.1 Å². The number of rotatable bonds is 10. The molecule has 1 saturated heterocycles. The highest BCUT2D eigenvalue weighted by Gasteiger charge is 2.21. The number of nitrogens with one attached hydrogen (secondary N) is 1. The van der Waals surface area contributed by atoms with E-state index in [-0.39, 0.29) is 4.90 Å². The third-order valence-corrected chi connectivity index (χ3v) is 8.41. The van der Waals surface area contributed by atoms with Crippen LogP contribution in [0.5, 0.6) is 0 Å². The number of nitrogens with zero attached hydrogens (tertiary/aromatic N) is 2. The SMILES string of the molecule is O=C(O)/C=C/C(O)O.O=S(=O)(Nc1ccc2c(CCC3CCN(Cc4ccccc4)CC3)noc2c1)c1ccccc1. The third kappa shape index (κ3) is 9.25. The van der Waals surface area contributed by atoms with Crippen LogP contribution in [0.3, 0.4) is 0 Å². The second-order valence-corrected chi connectivity index (χ2v) is 11.8. The summed E-state index contributed by atoms with van der Waals surface area (Å²) < 4.78 is 33.3. The molecule has 1 aliphatic rings. The fraction of sp³-hybridized carbons (Fsp3) is 0.290. The summed E-state index contributed by atoms with van der Waals surface area (Å²) in [5.74, 6) is -0.506. The number of benzene rings is 3. The molecule has 4 N–H and O–H groups in total. The molecule has 1 aromatic heterocycles. The Hall–Kier alpha value is -4.03. The Morgan fingerprint density at radius 2 is 1.69 bits per heavy atom. The van der Waals surface area contributed by atoms with E-state index in [1.54, 1.807) is 42.5 Å². The molecule has 11 heteroatoms. The molecule has 5 rings (SSSR count). The van der Waals surface area contributed by atoms with Crippen LogP contribution in [0, 0.1) is 5.92 Å². The van der Waals surface area contributed by atoms with Gasteiger partial charge in [0.2, 0.25) is 0 Å². The van der Waals surface area contributed by atoms with Crippen molar-refractivity contribution in [3.63, 3.8) is 0 Å². The van der Waals surface area contributed by atoms with Crippen LogP contribution in [-0.4, -0.2) is 59.1 Å². The van der Waals surface area contributed by atoms with Crippen LogP contribution < -0.4 is 4.72 Å². The molecule has 0 radical (unpaired) electrons. The normalized spacial score (nSPS) is 14.6. The Kier molecular flexibility index (Phi) is 10.8. The van der Waals surface area contributed by atoms with Crippen LogP contribution in [0.25, 0.3) is 11.0 Å². The van der Waals surface area contributed by atoms with Gasteiger partial charge in [0.05, 0.1) is 16.3 Å². The quantitative estimate of drug-likeness (QED) is 0.155. The van der Waals surface area contributed by atoms with E-state index in [2.05, 4.69) is 45.1 Å². The molecule has 2 heterocycles. The average molecular weight is 594 g/mol. The molecule has 1 aliphatic heterocycles. The van der Waals surface area contributed by atoms with Crippen molar-refractivity contribution in [3.05, 3.63) is 102 Å². The molecule has 0 spiro atoms. The van der Waals surface area contributed by atoms with E-state index in [0.717, 1.165) is 49.6 Å². The summed E-state index contributed by atoms with van der Waals surface area (Å²) in [6.07, 6.45) is 4.09. The average Bonchev–Trinajstić information content (AvgIpc) is 3.39. The molecule has 0 amide bonds. The van der Waals surface area contributed by atoms with Crippen LogP contribution in [0.2, 0.25) is 0 Å². The number of piperidine rings is 1. The van der Waals surface area contributed by atoms with Gasteiger partial charge in [-0.25, -0.2) is 13.2 Å². The molecular weight excluding hydrogens is 558 g/mol. The van der Waals surface area contributed by atoms with Crippen molar-refractivity contribution in [2.75, 3.05) is 17.8 Å². The maximum absolute atomic E-state index is 12.6. The number of aryl methyl sites for hydroxylation is 1. The topological polar surface area (TPSA) is 153 Å². The summed E-state index contributed by atoms with van der Waals surface area (Å²) in [4.78, 5) is 12.4. The Morgan fingerprint density at radius 3 is 2.31 bits per heavy atom. The van der Waals surface area contributed by atoms with Crippen LogP contribution >= 0.6 is 0 Å². The van der Waals surface area contributed by atoms with Crippen LogP contribution in [-0.2, 0) is 27.8 Å². The van der Waals surface area contributed by atoms with E-state index in [1.165, 1.54) is 18.4 Å². The number of likely N-dealkylation sites (tertiary alicyclic amines) is 1. The molecular formula is C31H35N3O7S. The summed E-state index contributed by atoms with van der Waals surface area (Å²) in [7, 11) is -3.64. The molecule has 0 aliphatic carbocycles. The predicted molar refractivity (Wildman–Crippen MR) is 159 cm³/mol. The second kappa shape index (κ2) is 14.7. The summed E-state index contributed by atoms with van der Waals surface area (Å²) in [6, 6.07) is 24.4. The molecule has 42 heavy (non-hydrogen) atoms. The zero-order chi connectivity index (χ0) is 30.0. The highest BCUT2D eigenvalue weighted by molar-refractivity contribution is 7.92. The Labute approximate surface area is 244 Å². The highest BCUT2D eigenvalue weighted by Crippen LogP contribution is 2.28. The number of aliphatic hydroxyl groups excluding tert-OH is 1. The van der Waals surface area contributed by atoms with Gasteiger partial charge in [-0.3, -0.25) is 9.62 Å². The van der Waals surface area contributed by atoms with Crippen molar-refractivity contribution in [3.8, 4) is 0 Å². The van der Waals surface area contributed by atoms with Gasteiger partial charge in [0.25, 0.3) is 10.0 Å². The minimum absolute atomic E-state index is 0.225. The number of aliphatic carboxylic acids is 1. The highest BCUT2D eigenvalue weighted by atomic mass is 32.2. The van der Waals surface area contributed by atoms with Crippen molar-refractivity contribution < 1.29 is 33.1 Å². The Bertz CT molecular complexity index is 1560. The molecule has 0 atom stereocenters. The molecule has 1 fully saturated rings. The van der Waals surface area contributed by atoms with Gasteiger partial charge in [0.1, 0.15) is 0 Å². The molecule has 10 nitrogen and oxygen atoms in total. The number of hydrogen-bond donors (Lipinski definition) is 4. The number of hydrogen-bond acceptors (Lipinski definition) is 8. The van der Waals surface area contributed by atoms with E-state index in [9.17, 15) is 13.2 Å². The third-order valence-electron chi connectivity index (χ3n) is 7.01. The lowest BCUT2D eigenvalue weighted by Gasteiger charge is -2.31. The van der Waals surface area contributed by atoms with E-state index in [4.69, 9.17) is 19.8 Å². The number of aromatic nitrogens is 1. The molecule has 222 valence electrons. The fourth-order valence-corrected chi connectivity index (χ4v) is 5.90. The molecule has 0 unspecified atom stereocenters. The zero-order valence-corrected chi connectivity index (χ0v) is 23.9. The number of carboxylic acid groups (broad SMARTS) is 1. The van der Waals surface area contributed by atoms with E-state index < -0.39 is 22.3 Å². The van der Waals surface area contributed by atoms with Crippen LogP contribution in [0.4, 0.5) is 5.69 Å². The summed E-state index contributed by atoms with van der Waals surface area (Å²) >= 11 is 0. The molecule has 0 bridgehead atoms. The lowest BCUT2D eigenvalue weighted by Crippen LogP contribution is -2.33. The van der Waals surface area contributed by atoms with Crippen molar-refractivity contribution in [1.29, 1.82) is 0 Å². The number of sulfonamides is 1. The first kappa shape index (κ1) is 30.9. The zero-order valence-electron chi connectivity index (χ0n) is 23.0. The maximum atomic E-state index is 12.6. The van der Waals surface area contributed by atoms with Gasteiger partial charge in [-0.15, -0.1) is 0 Å². The van der Waals surface area contributed by atoms with Crippen molar-refractivity contribution in [1.82, 2.24) is 10.1 Å². The summed E-state index contributed by atoms with van der Waals surface area (Å²) in [5, 5.41) is 29.1. The molecule has 4 aromatic rings. The van der Waals surface area contributed by atoms with E-state index in [1.807, 2.05) is 6.07 Å². The van der Waals surface area contributed by atoms with Gasteiger partial charge in [-0.2, -0.15) is 0 Å². The van der Waals surface area contributed by atoms with Gasteiger partial charge in [-0.1, -0.05) is 53.7 Å². The van der Waals surface area contributed by atoms with Gasteiger partial charge >= 0.3 is 5.97 Å². The smallest absolute Gasteiger partial charge is 0.328 e. The molecule has 3 aromatic carbocycles. The fourth-order valence-electron chi connectivity index (χ4n) is 4.83. The number of carbonyl (C=O) groups is 1. The number of carboxylic acids is 1. The Balaban J connectivity index is 0.000000446. The van der Waals surface area contributed by atoms with Gasteiger partial charge in [-0.05, 0) is 80.6 Å². The van der Waals surface area contributed by atoms with Gasteiger partial charge < -0.3 is 19.8 Å². The predicted octanol–water partition coefficient (Wildman–Crippen LogP) is 4.41. The van der Waals surface area contributed by atoms with Crippen molar-refractivity contribution in [2.24, 2.45) is 5.92 Å². The van der Waals surface area contributed by atoms with Crippen molar-refractivity contribution in [2.45, 2.75) is 43.4 Å². The monoisotopic (exact) mass is 593 g/mol. The van der Waals surface area contributed by atoms with E-state index >= 15 is 0 Å². The number of anilines is 1. The maximum Gasteiger partial charge on any atom is 0.328 e. The first-order chi connectivity index (χ1) is 20.2. The molecule has 0 saturated carbocycles. The minimum atomic E-state index is -3.64. The summed E-state index contributed by atoms with van der Waals surface area (Å²) in [5.41, 5.74) is 3.38. The first-order valence-corrected chi connectivity index (χ1v) is 15.2. The van der Waals surface area contributed by atoms with Crippen LogP contribution in [0.15, 0.2) is 100 Å². The van der Waals surface area contributed by atoms with Gasteiger partial charge in [0.15, 0.2) is 11.9 Å². The Morgan fingerprint density at radius 1 is 1.02 bits per heavy atom. The largest absolute Gasteiger partial charge is 0.478 e. The van der Waals surface area contributed by atoms with Crippen LogP contribution in [0.1, 0.15) is 30.5 Å². The minimum Gasteiger partial charge on any atom is -0.478 e.